The lowest BCUT2D eigenvalue weighted by Gasteiger charge is -2.27. The van der Waals surface area contributed by atoms with Crippen molar-refractivity contribution in [3.05, 3.63) is 35.4 Å². The third-order valence-electron chi connectivity index (χ3n) is 4.13. The topological polar surface area (TPSA) is 32.8 Å². The average molecular weight is 290 g/mol. The van der Waals surface area contributed by atoms with Crippen LogP contribution in [-0.2, 0) is 22.5 Å². The van der Waals surface area contributed by atoms with Crippen LogP contribution in [0.1, 0.15) is 24.0 Å². The van der Waals surface area contributed by atoms with Gasteiger partial charge in [-0.15, -0.1) is 0 Å². The van der Waals surface area contributed by atoms with E-state index >= 15 is 0 Å². The van der Waals surface area contributed by atoms with Crippen molar-refractivity contribution in [2.24, 2.45) is 0 Å². The van der Waals surface area contributed by atoms with Gasteiger partial charge in [-0.25, -0.2) is 0 Å². The molecular formula is C17H26N2O2. The van der Waals surface area contributed by atoms with Gasteiger partial charge < -0.3 is 9.64 Å². The van der Waals surface area contributed by atoms with Crippen LogP contribution in [-0.4, -0.2) is 56.1 Å². The lowest BCUT2D eigenvalue weighted by molar-refractivity contribution is -0.139. The number of carbonyl (C=O) groups excluding carboxylic acids is 1. The highest BCUT2D eigenvalue weighted by Gasteiger charge is 2.25. The summed E-state index contributed by atoms with van der Waals surface area (Å²) in [6, 6.07) is 8.81. The Hall–Kier alpha value is -1.39. The molecule has 0 N–H and O–H groups in total. The second kappa shape index (κ2) is 7.57. The fourth-order valence-corrected chi connectivity index (χ4v) is 3.06. The number of carbonyl (C=O) groups is 1. The van der Waals surface area contributed by atoms with Gasteiger partial charge in [0, 0.05) is 19.1 Å². The van der Waals surface area contributed by atoms with E-state index in [-0.39, 0.29) is 5.97 Å². The van der Waals surface area contributed by atoms with Crippen molar-refractivity contribution in [2.75, 3.05) is 34.3 Å². The summed E-state index contributed by atoms with van der Waals surface area (Å²) in [5.41, 5.74) is 2.33. The van der Waals surface area contributed by atoms with E-state index in [1.54, 1.807) is 0 Å². The van der Waals surface area contributed by atoms with Crippen molar-refractivity contribution >= 4 is 5.97 Å². The number of hydrogen-bond acceptors (Lipinski definition) is 4. The molecule has 1 heterocycles. The largest absolute Gasteiger partial charge is 0.469 e. The maximum absolute atomic E-state index is 11.5. The first-order valence-corrected chi connectivity index (χ1v) is 7.62. The van der Waals surface area contributed by atoms with Gasteiger partial charge in [0.05, 0.1) is 13.5 Å². The number of esters is 1. The first-order chi connectivity index (χ1) is 10.1. The molecule has 1 aliphatic rings. The molecule has 1 aliphatic heterocycles. The van der Waals surface area contributed by atoms with Crippen LogP contribution in [0.25, 0.3) is 0 Å². The van der Waals surface area contributed by atoms with Crippen molar-refractivity contribution in [1.29, 1.82) is 0 Å². The summed E-state index contributed by atoms with van der Waals surface area (Å²) >= 11 is 0. The molecule has 1 saturated heterocycles. The number of rotatable bonds is 6. The number of benzene rings is 1. The van der Waals surface area contributed by atoms with Gasteiger partial charge in [-0.2, -0.15) is 0 Å². The van der Waals surface area contributed by atoms with E-state index in [9.17, 15) is 4.79 Å². The predicted molar refractivity (Wildman–Crippen MR) is 84.1 cm³/mol. The number of methoxy groups -OCH3 is 1. The highest BCUT2D eigenvalue weighted by atomic mass is 16.5. The van der Waals surface area contributed by atoms with E-state index in [1.165, 1.54) is 25.5 Å². The minimum Gasteiger partial charge on any atom is -0.469 e. The molecule has 2 rings (SSSR count). The van der Waals surface area contributed by atoms with Crippen molar-refractivity contribution < 1.29 is 9.53 Å². The number of likely N-dealkylation sites (N-methyl/N-ethyl adjacent to an activating group) is 1. The normalized spacial score (nSPS) is 19.1. The van der Waals surface area contributed by atoms with Crippen LogP contribution in [0.5, 0.6) is 0 Å². The molecule has 0 amide bonds. The lowest BCUT2D eigenvalue weighted by atomic mass is 10.0. The van der Waals surface area contributed by atoms with E-state index in [1.807, 2.05) is 18.2 Å². The number of ether oxygens (including phenoxy) is 1. The van der Waals surface area contributed by atoms with Crippen LogP contribution in [0.4, 0.5) is 0 Å². The third kappa shape index (κ3) is 4.55. The van der Waals surface area contributed by atoms with Crippen molar-refractivity contribution in [3.63, 3.8) is 0 Å². The molecule has 21 heavy (non-hydrogen) atoms. The highest BCUT2D eigenvalue weighted by molar-refractivity contribution is 5.72. The molecule has 0 aliphatic carbocycles. The van der Waals surface area contributed by atoms with Crippen molar-refractivity contribution in [3.8, 4) is 0 Å². The van der Waals surface area contributed by atoms with Crippen molar-refractivity contribution in [1.82, 2.24) is 9.80 Å². The van der Waals surface area contributed by atoms with E-state index in [2.05, 4.69) is 30.0 Å². The zero-order valence-corrected chi connectivity index (χ0v) is 13.3. The minimum atomic E-state index is -0.172. The van der Waals surface area contributed by atoms with Crippen LogP contribution in [0.15, 0.2) is 24.3 Å². The molecular weight excluding hydrogens is 264 g/mol. The Morgan fingerprint density at radius 3 is 2.71 bits per heavy atom. The molecule has 1 fully saturated rings. The van der Waals surface area contributed by atoms with Crippen LogP contribution in [0, 0.1) is 0 Å². The monoisotopic (exact) mass is 290 g/mol. The van der Waals surface area contributed by atoms with E-state index in [0.29, 0.717) is 12.5 Å². The highest BCUT2D eigenvalue weighted by Crippen LogP contribution is 2.22. The average Bonchev–Trinajstić information content (AvgIpc) is 2.87. The summed E-state index contributed by atoms with van der Waals surface area (Å²) in [6.45, 7) is 3.16. The smallest absolute Gasteiger partial charge is 0.309 e. The molecule has 1 atom stereocenters. The molecule has 0 bridgehead atoms. The third-order valence-corrected chi connectivity index (χ3v) is 4.13. The van der Waals surface area contributed by atoms with Gasteiger partial charge in [0.15, 0.2) is 0 Å². The molecule has 1 aromatic rings. The van der Waals surface area contributed by atoms with Crippen LogP contribution in [0.2, 0.25) is 0 Å². The minimum absolute atomic E-state index is 0.172. The summed E-state index contributed by atoms with van der Waals surface area (Å²) in [6.07, 6.45) is 2.88. The van der Waals surface area contributed by atoms with Crippen molar-refractivity contribution in [2.45, 2.75) is 31.8 Å². The summed E-state index contributed by atoms with van der Waals surface area (Å²) < 4.78 is 4.79. The van der Waals surface area contributed by atoms with Gasteiger partial charge in [-0.05, 0) is 44.6 Å². The Morgan fingerprint density at radius 1 is 1.33 bits per heavy atom. The first kappa shape index (κ1) is 16.0. The van der Waals surface area contributed by atoms with Gasteiger partial charge in [0.1, 0.15) is 0 Å². The quantitative estimate of drug-likeness (QED) is 0.750. The van der Waals surface area contributed by atoms with Gasteiger partial charge in [-0.3, -0.25) is 9.69 Å². The second-order valence-corrected chi connectivity index (χ2v) is 6.05. The Morgan fingerprint density at radius 2 is 2.05 bits per heavy atom. The predicted octanol–water partition coefficient (Wildman–Crippen LogP) is 1.93. The van der Waals surface area contributed by atoms with E-state index < -0.39 is 0 Å². The summed E-state index contributed by atoms with van der Waals surface area (Å²) in [5, 5.41) is 0. The Balaban J connectivity index is 2.06. The number of hydrogen-bond donors (Lipinski definition) is 0. The lowest BCUT2D eigenvalue weighted by Crippen LogP contribution is -2.37. The van der Waals surface area contributed by atoms with E-state index in [0.717, 1.165) is 25.2 Å². The van der Waals surface area contributed by atoms with Gasteiger partial charge in [0.25, 0.3) is 0 Å². The molecule has 4 nitrogen and oxygen atoms in total. The summed E-state index contributed by atoms with van der Waals surface area (Å²) in [7, 11) is 5.70. The first-order valence-electron chi connectivity index (χ1n) is 7.62. The van der Waals surface area contributed by atoms with Gasteiger partial charge in [-0.1, -0.05) is 24.3 Å². The zero-order valence-electron chi connectivity index (χ0n) is 13.3. The van der Waals surface area contributed by atoms with Gasteiger partial charge >= 0.3 is 5.97 Å². The molecule has 0 aromatic heterocycles. The SMILES string of the molecule is COC(=O)Cc1ccccc1CN1CCCC1CN(C)C. The Kier molecular flexibility index (Phi) is 5.76. The molecule has 0 spiro atoms. The standard InChI is InChI=1S/C17H26N2O2/c1-18(2)13-16-9-6-10-19(16)12-15-8-5-4-7-14(15)11-17(20)21-3/h4-5,7-8,16H,6,9-13H2,1-3H3. The molecule has 0 saturated carbocycles. The van der Waals surface area contributed by atoms with Crippen LogP contribution >= 0.6 is 0 Å². The summed E-state index contributed by atoms with van der Waals surface area (Å²) in [5.74, 6) is -0.172. The van der Waals surface area contributed by atoms with Crippen LogP contribution < -0.4 is 0 Å². The Bertz CT molecular complexity index is 474. The maximum Gasteiger partial charge on any atom is 0.309 e. The number of likely N-dealkylation sites (tertiary alicyclic amines) is 1. The molecule has 1 unspecified atom stereocenters. The molecule has 0 radical (unpaired) electrons. The fraction of sp³-hybridized carbons (Fsp3) is 0.588. The number of nitrogens with zero attached hydrogens (tertiary/aromatic N) is 2. The maximum atomic E-state index is 11.5. The summed E-state index contributed by atoms with van der Waals surface area (Å²) in [4.78, 5) is 16.3. The molecule has 1 aromatic carbocycles. The second-order valence-electron chi connectivity index (χ2n) is 6.05. The van der Waals surface area contributed by atoms with Gasteiger partial charge in [0.2, 0.25) is 0 Å². The van der Waals surface area contributed by atoms with E-state index in [4.69, 9.17) is 4.74 Å². The molecule has 116 valence electrons. The fourth-order valence-electron chi connectivity index (χ4n) is 3.06. The Labute approximate surface area is 127 Å². The zero-order chi connectivity index (χ0) is 15.2. The van der Waals surface area contributed by atoms with Crippen LogP contribution in [0.3, 0.4) is 0 Å². The molecule has 4 heteroatoms.